The van der Waals surface area contributed by atoms with Crippen molar-refractivity contribution in [1.29, 1.82) is 0 Å². The smallest absolute Gasteiger partial charge is 0.480 e. The van der Waals surface area contributed by atoms with Gasteiger partial charge in [-0.3, -0.25) is 42.8 Å². The number of aliphatic hydroxyl groups is 3. The van der Waals surface area contributed by atoms with Crippen LogP contribution in [0.15, 0.2) is 22.2 Å². The number of carbonyl (C=O) groups excluding carboxylic acids is 2. The first kappa shape index (κ1) is 60.3. The van der Waals surface area contributed by atoms with Crippen molar-refractivity contribution in [3.63, 3.8) is 0 Å². The summed E-state index contributed by atoms with van der Waals surface area (Å²) in [6, 6.07) is 0. The van der Waals surface area contributed by atoms with Crippen molar-refractivity contribution in [3.05, 3.63) is 33.4 Å². The summed E-state index contributed by atoms with van der Waals surface area (Å²) in [6.45, 7) is 7.31. The van der Waals surface area contributed by atoms with Crippen LogP contribution in [-0.4, -0.2) is 164 Å². The number of aromatic nitrogens is 8. The average molecular weight is 1130 g/mol. The number of hydrogen-bond donors (Lipinski definition) is 7. The van der Waals surface area contributed by atoms with Crippen molar-refractivity contribution in [1.82, 2.24) is 39.0 Å². The van der Waals surface area contributed by atoms with E-state index in [9.17, 15) is 52.9 Å². The van der Waals surface area contributed by atoms with Gasteiger partial charge in [0, 0.05) is 22.1 Å². The lowest BCUT2D eigenvalue weighted by Gasteiger charge is -2.31. The monoisotopic (exact) mass is 1130 g/mol. The molecule has 0 aliphatic carbocycles. The minimum Gasteiger partial charge on any atom is -0.795 e. The SMILES string of the molecule is COOPP(C)(=O)[O-].CO[C@]1(COP(=O)(OCOC(=O)C(C)(C)C)OCOC(=O)C(C)(C)C)O[C@@H](n2cnc3c(=O)[nH]c(N)nc32)[C@H](F)[C@@H]1O.[3H]CCNc1nc2c(ncn2[C@@H]2O[C@@](CO)(OC)[C@@H](O)[C@H]2F)c(=O)[nH]1. The van der Waals surface area contributed by atoms with Gasteiger partial charge in [0.05, 0.1) is 37.7 Å². The lowest BCUT2D eigenvalue weighted by molar-refractivity contribution is -0.269. The van der Waals surface area contributed by atoms with Crippen molar-refractivity contribution in [2.45, 2.75) is 97.0 Å². The third-order valence-corrected chi connectivity index (χ3v) is 13.1. The van der Waals surface area contributed by atoms with Crippen LogP contribution in [0.1, 0.15) is 62.3 Å². The van der Waals surface area contributed by atoms with E-state index in [1.165, 1.54) is 14.2 Å². The molecular weight excluding hydrogens is 1060 g/mol. The number of hydrogen-bond acceptors (Lipinski definition) is 27. The Balaban J connectivity index is 0.000000309. The van der Waals surface area contributed by atoms with E-state index in [4.69, 9.17) is 49.1 Å². The van der Waals surface area contributed by atoms with Crippen LogP contribution in [0.2, 0.25) is 0 Å². The second-order valence-corrected chi connectivity index (χ2v) is 24.4. The van der Waals surface area contributed by atoms with Gasteiger partial charge in [0.25, 0.3) is 11.1 Å². The van der Waals surface area contributed by atoms with Crippen LogP contribution in [0, 0.1) is 10.8 Å². The van der Waals surface area contributed by atoms with E-state index in [2.05, 4.69) is 44.8 Å². The van der Waals surface area contributed by atoms with Gasteiger partial charge in [-0.05, 0) is 55.1 Å². The highest BCUT2D eigenvalue weighted by Crippen LogP contribution is 2.53. The van der Waals surface area contributed by atoms with E-state index in [1.54, 1.807) is 41.5 Å². The molecule has 2 aliphatic heterocycles. The number of nitrogens with one attached hydrogen (secondary N) is 3. The Morgan fingerprint density at radius 2 is 1.35 bits per heavy atom. The van der Waals surface area contributed by atoms with Crippen LogP contribution >= 0.6 is 23.4 Å². The molecule has 0 bridgehead atoms. The third-order valence-electron chi connectivity index (χ3n) is 10.1. The second kappa shape index (κ2) is 25.1. The van der Waals surface area contributed by atoms with Gasteiger partial charge < -0.3 is 64.2 Å². The fraction of sp³-hybridized carbons (Fsp3) is 0.684. The number of nitrogen functional groups attached to an aromatic ring is 1. The normalized spacial score (nSPS) is 25.3. The van der Waals surface area contributed by atoms with E-state index >= 15 is 4.39 Å². The van der Waals surface area contributed by atoms with Gasteiger partial charge in [-0.25, -0.2) is 41.9 Å². The van der Waals surface area contributed by atoms with Crippen LogP contribution in [0.3, 0.4) is 0 Å². The first-order chi connectivity index (χ1) is 34.9. The Kier molecular flexibility index (Phi) is 20.5. The number of anilines is 2. The molecule has 10 atom stereocenters. The molecular formula is C38H60F2N10O21P3-. The summed E-state index contributed by atoms with van der Waals surface area (Å²) in [5.41, 5.74) is 2.16. The lowest BCUT2D eigenvalue weighted by Crippen LogP contribution is -2.47. The van der Waals surface area contributed by atoms with Crippen LogP contribution in [0.5, 0.6) is 0 Å². The van der Waals surface area contributed by atoms with E-state index < -0.39 is 133 Å². The summed E-state index contributed by atoms with van der Waals surface area (Å²) < 4.78 is 114. The van der Waals surface area contributed by atoms with Crippen molar-refractivity contribution >= 4 is 69.5 Å². The number of nitrogens with two attached hydrogens (primary N) is 1. The summed E-state index contributed by atoms with van der Waals surface area (Å²) in [4.78, 5) is 83.3. The Morgan fingerprint density at radius 3 is 1.77 bits per heavy atom. The number of fused-ring (bicyclic) bond motifs is 2. The molecule has 6 heterocycles. The molecule has 0 radical (unpaired) electrons. The molecule has 31 nitrogen and oxygen atoms in total. The number of aromatic amines is 2. The number of H-pyrrole nitrogens is 2. The van der Waals surface area contributed by atoms with Gasteiger partial charge in [0.2, 0.25) is 37.1 Å². The summed E-state index contributed by atoms with van der Waals surface area (Å²) >= 11 is 0. The first-order valence-corrected chi connectivity index (χ1v) is 26.7. The Hall–Kier alpha value is -4.53. The van der Waals surface area contributed by atoms with Gasteiger partial charge in [-0.2, -0.15) is 9.97 Å². The molecule has 36 heteroatoms. The number of rotatable bonds is 19. The van der Waals surface area contributed by atoms with Crippen molar-refractivity contribution in [3.8, 4) is 0 Å². The molecule has 4 aromatic rings. The molecule has 2 unspecified atom stereocenters. The number of phosphoric ester groups is 1. The van der Waals surface area contributed by atoms with Gasteiger partial charge in [-0.1, -0.05) is 0 Å². The molecule has 2 saturated heterocycles. The standard InChI is InChI=1S/C23H35FN5O12P.C13H18FN5O5.C2H8O4P2/c1-21(2,3)18(32)36-10-39-42(34,40-11-37-19(33)22(4,5)6)38-8-23(35-7)14(30)12(24)17(41-23)29-9-26-13-15(29)27-20(25)28-16(13)31;1-3-15-12-17-9-7(10(22)18-12)16-5-19(9)11-6(14)8(21)13(4-20,23-2)24-11;1-5-6-7-8(2,3)4/h9,12,14,17,30H,8,10-11H2,1-7H3,(H3,25,27,28,31);5-6,8,11,20-21H,3-4H2,1-2H3,(H2,15,17,18,22);7H,1-2H3,(H,3,4)/p-1/t12-,14+,17-,23-;6-,8+,11-,13-;/m11./s1/i;1T;. The topological polar surface area (TPSA) is 419 Å². The zero-order valence-electron chi connectivity index (χ0n) is 42.5. The number of methoxy groups -OCH3 is 2. The number of esters is 2. The number of aliphatic hydroxyl groups excluding tert-OH is 3. The quantitative estimate of drug-likeness (QED) is 0.0226. The summed E-state index contributed by atoms with van der Waals surface area (Å²) in [5.74, 6) is -5.84. The van der Waals surface area contributed by atoms with Gasteiger partial charge in [0.1, 0.15) is 33.9 Å². The molecule has 2 aliphatic rings. The number of halogens is 2. The van der Waals surface area contributed by atoms with Crippen molar-refractivity contribution in [2.24, 2.45) is 10.8 Å². The minimum atomic E-state index is -4.76. The third kappa shape index (κ3) is 14.9. The van der Waals surface area contributed by atoms with Crippen LogP contribution < -0.4 is 27.1 Å². The molecule has 0 saturated carbocycles. The average Bonchev–Trinajstić information content (AvgIpc) is 4.08. The maximum Gasteiger partial charge on any atom is 0.480 e. The summed E-state index contributed by atoms with van der Waals surface area (Å²) in [5, 5.41) is 33.0. The highest BCUT2D eigenvalue weighted by Gasteiger charge is 2.59. The molecule has 0 spiro atoms. The fourth-order valence-electron chi connectivity index (χ4n) is 6.16. The second-order valence-electron chi connectivity index (χ2n) is 17.7. The predicted octanol–water partition coefficient (Wildman–Crippen LogP) is 0.979. The van der Waals surface area contributed by atoms with Crippen molar-refractivity contribution < 1.29 is 101 Å². The Bertz CT molecular complexity index is 2750. The first-order valence-electron chi connectivity index (χ1n) is 22.1. The van der Waals surface area contributed by atoms with Crippen molar-refractivity contribution in [2.75, 3.05) is 72.4 Å². The number of phosphoric acid groups is 1. The molecule has 0 aromatic carbocycles. The van der Waals surface area contributed by atoms with E-state index in [0.29, 0.717) is 0 Å². The lowest BCUT2D eigenvalue weighted by atomic mass is 9.98. The molecule has 6 rings (SSSR count). The van der Waals surface area contributed by atoms with Gasteiger partial charge in [-0.15, -0.1) is 0 Å². The van der Waals surface area contributed by atoms with E-state index in [1.807, 2.05) is 0 Å². The van der Waals surface area contributed by atoms with Crippen LogP contribution in [0.4, 0.5) is 20.7 Å². The zero-order chi connectivity index (χ0) is 56.5. The Labute approximate surface area is 422 Å². The number of ether oxygens (including phenoxy) is 6. The summed E-state index contributed by atoms with van der Waals surface area (Å²) in [7, 11) is -5.10. The predicted molar refractivity (Wildman–Crippen MR) is 250 cm³/mol. The highest BCUT2D eigenvalue weighted by atomic mass is 32.1. The summed E-state index contributed by atoms with van der Waals surface area (Å²) in [6.07, 6.45) is -8.82. The molecule has 4 aromatic heterocycles. The minimum absolute atomic E-state index is 0.0286. The molecule has 2 fully saturated rings. The number of imidazole rings is 2. The van der Waals surface area contributed by atoms with Crippen LogP contribution in [-0.2, 0) is 70.3 Å². The van der Waals surface area contributed by atoms with Gasteiger partial charge >= 0.3 is 19.8 Å². The molecule has 8 N–H and O–H groups in total. The molecule has 418 valence electrons. The molecule has 0 amide bonds. The highest BCUT2D eigenvalue weighted by molar-refractivity contribution is 8.19. The number of alkyl halides is 2. The maximum absolute atomic E-state index is 15.4. The van der Waals surface area contributed by atoms with Crippen LogP contribution in [0.25, 0.3) is 22.3 Å². The zero-order valence-corrected chi connectivity index (χ0v) is 44.3. The Morgan fingerprint density at radius 1 is 0.878 bits per heavy atom. The number of carbonyl (C=O) groups is 2. The van der Waals surface area contributed by atoms with Gasteiger partial charge in [0.15, 0.2) is 47.1 Å². The van der Waals surface area contributed by atoms with E-state index in [-0.39, 0.29) is 47.7 Å². The largest absolute Gasteiger partial charge is 0.795 e. The maximum atomic E-state index is 15.4. The van der Waals surface area contributed by atoms with E-state index in [0.717, 1.165) is 35.6 Å². The number of nitrogens with zero attached hydrogens (tertiary/aromatic N) is 6. The molecule has 74 heavy (non-hydrogen) atoms. The fourth-order valence-corrected chi connectivity index (χ4v) is 7.92.